The van der Waals surface area contributed by atoms with E-state index >= 15 is 0 Å². The van der Waals surface area contributed by atoms with Gasteiger partial charge in [0.2, 0.25) is 10.0 Å². The zero-order chi connectivity index (χ0) is 15.3. The van der Waals surface area contributed by atoms with Gasteiger partial charge in [0.25, 0.3) is 0 Å². The Morgan fingerprint density at radius 2 is 2.00 bits per heavy atom. The molecule has 1 aliphatic rings. The molecule has 6 heteroatoms. The molecule has 1 N–H and O–H groups in total. The Morgan fingerprint density at radius 1 is 1.29 bits per heavy atom. The van der Waals surface area contributed by atoms with E-state index < -0.39 is 16.0 Å². The first-order chi connectivity index (χ1) is 9.97. The molecule has 1 aliphatic heterocycles. The Labute approximate surface area is 125 Å². The Balaban J connectivity index is 1.93. The molecular formula is C15H21NO4S. The van der Waals surface area contributed by atoms with Gasteiger partial charge >= 0.3 is 5.97 Å². The van der Waals surface area contributed by atoms with Crippen LogP contribution in [-0.4, -0.2) is 42.6 Å². The first kappa shape index (κ1) is 16.0. The summed E-state index contributed by atoms with van der Waals surface area (Å²) in [5, 5.41) is 8.84. The van der Waals surface area contributed by atoms with Crippen molar-refractivity contribution in [2.24, 2.45) is 5.92 Å². The van der Waals surface area contributed by atoms with Gasteiger partial charge in [-0.3, -0.25) is 4.79 Å². The number of sulfonamides is 1. The van der Waals surface area contributed by atoms with Crippen molar-refractivity contribution >= 4 is 16.0 Å². The average Bonchev–Trinajstić information content (AvgIpc) is 2.46. The topological polar surface area (TPSA) is 74.7 Å². The predicted molar refractivity (Wildman–Crippen MR) is 80.5 cm³/mol. The lowest BCUT2D eigenvalue weighted by Gasteiger charge is -2.31. The van der Waals surface area contributed by atoms with Crippen LogP contribution in [0.15, 0.2) is 30.3 Å². The van der Waals surface area contributed by atoms with Crippen LogP contribution in [0.5, 0.6) is 0 Å². The number of hydrogen-bond donors (Lipinski definition) is 1. The fourth-order valence-corrected chi connectivity index (χ4v) is 4.31. The highest BCUT2D eigenvalue weighted by atomic mass is 32.2. The van der Waals surface area contributed by atoms with Crippen LogP contribution in [0, 0.1) is 5.92 Å². The van der Waals surface area contributed by atoms with E-state index in [1.54, 1.807) is 0 Å². The van der Waals surface area contributed by atoms with Gasteiger partial charge in [0.05, 0.1) is 5.75 Å². The van der Waals surface area contributed by atoms with Crippen LogP contribution in [0.4, 0.5) is 0 Å². The Bertz CT molecular complexity index is 571. The van der Waals surface area contributed by atoms with Gasteiger partial charge < -0.3 is 5.11 Å². The molecule has 0 aromatic heterocycles. The van der Waals surface area contributed by atoms with Gasteiger partial charge in [-0.25, -0.2) is 12.7 Å². The van der Waals surface area contributed by atoms with E-state index in [0.717, 1.165) is 18.4 Å². The maximum Gasteiger partial charge on any atom is 0.303 e. The molecule has 1 aromatic carbocycles. The van der Waals surface area contributed by atoms with Crippen molar-refractivity contribution in [3.05, 3.63) is 35.9 Å². The largest absolute Gasteiger partial charge is 0.481 e. The van der Waals surface area contributed by atoms with Crippen LogP contribution >= 0.6 is 0 Å². The fraction of sp³-hybridized carbons (Fsp3) is 0.533. The minimum Gasteiger partial charge on any atom is -0.481 e. The normalized spacial score (nSPS) is 20.3. The lowest BCUT2D eigenvalue weighted by Crippen LogP contribution is -2.41. The van der Waals surface area contributed by atoms with Gasteiger partial charge in [-0.2, -0.15) is 0 Å². The van der Waals surface area contributed by atoms with E-state index in [9.17, 15) is 13.2 Å². The van der Waals surface area contributed by atoms with Gasteiger partial charge in [-0.1, -0.05) is 30.3 Å². The summed E-state index contributed by atoms with van der Waals surface area (Å²) in [6.07, 6.45) is 2.06. The SMILES string of the molecule is O=C(O)CC1CCCN(S(=O)(=O)CCc2ccccc2)C1. The molecule has 0 radical (unpaired) electrons. The predicted octanol–water partition coefficient (Wildman–Crippen LogP) is 1.75. The maximum absolute atomic E-state index is 12.4. The van der Waals surface area contributed by atoms with Crippen molar-refractivity contribution in [3.8, 4) is 0 Å². The number of benzene rings is 1. The zero-order valence-corrected chi connectivity index (χ0v) is 12.8. The van der Waals surface area contributed by atoms with E-state index in [1.807, 2.05) is 30.3 Å². The molecule has 1 aromatic rings. The van der Waals surface area contributed by atoms with Crippen LogP contribution in [0.1, 0.15) is 24.8 Å². The second-order valence-corrected chi connectivity index (χ2v) is 7.60. The van der Waals surface area contributed by atoms with Gasteiger partial charge in [0.15, 0.2) is 0 Å². The lowest BCUT2D eigenvalue weighted by molar-refractivity contribution is -0.138. The molecule has 0 amide bonds. The van der Waals surface area contributed by atoms with Crippen LogP contribution < -0.4 is 0 Å². The molecule has 1 unspecified atom stereocenters. The van der Waals surface area contributed by atoms with Gasteiger partial charge in [0.1, 0.15) is 0 Å². The minimum atomic E-state index is -3.31. The summed E-state index contributed by atoms with van der Waals surface area (Å²) in [5.41, 5.74) is 1.00. The molecule has 21 heavy (non-hydrogen) atoms. The van der Waals surface area contributed by atoms with E-state index in [1.165, 1.54) is 4.31 Å². The minimum absolute atomic E-state index is 0.0463. The molecular weight excluding hydrogens is 290 g/mol. The van der Waals surface area contributed by atoms with Crippen LogP contribution in [0.3, 0.4) is 0 Å². The van der Waals surface area contributed by atoms with Crippen molar-refractivity contribution in [1.82, 2.24) is 4.31 Å². The molecule has 0 saturated carbocycles. The van der Waals surface area contributed by atoms with Crippen molar-refractivity contribution in [2.75, 3.05) is 18.8 Å². The number of piperidine rings is 1. The number of nitrogens with zero attached hydrogens (tertiary/aromatic N) is 1. The maximum atomic E-state index is 12.4. The van der Waals surface area contributed by atoms with E-state index in [2.05, 4.69) is 0 Å². The molecule has 1 saturated heterocycles. The second-order valence-electron chi connectivity index (χ2n) is 5.52. The van der Waals surface area contributed by atoms with Crippen molar-refractivity contribution in [1.29, 1.82) is 0 Å². The number of hydrogen-bond acceptors (Lipinski definition) is 3. The Kier molecular flexibility index (Phi) is 5.36. The zero-order valence-electron chi connectivity index (χ0n) is 11.9. The molecule has 1 fully saturated rings. The highest BCUT2D eigenvalue weighted by Gasteiger charge is 2.29. The Hall–Kier alpha value is -1.40. The summed E-state index contributed by atoms with van der Waals surface area (Å²) >= 11 is 0. The van der Waals surface area contributed by atoms with Crippen LogP contribution in [-0.2, 0) is 21.2 Å². The third-order valence-electron chi connectivity index (χ3n) is 3.83. The highest BCUT2D eigenvalue weighted by molar-refractivity contribution is 7.89. The third-order valence-corrected chi connectivity index (χ3v) is 5.67. The van der Waals surface area contributed by atoms with Crippen molar-refractivity contribution in [2.45, 2.75) is 25.7 Å². The lowest BCUT2D eigenvalue weighted by atomic mass is 9.96. The summed E-state index contributed by atoms with van der Waals surface area (Å²) in [6.45, 7) is 0.844. The second kappa shape index (κ2) is 7.04. The smallest absolute Gasteiger partial charge is 0.303 e. The summed E-state index contributed by atoms with van der Waals surface area (Å²) in [7, 11) is -3.31. The first-order valence-corrected chi connectivity index (χ1v) is 8.82. The molecule has 2 rings (SSSR count). The summed E-state index contributed by atoms with van der Waals surface area (Å²) in [5.74, 6) is -0.845. The summed E-state index contributed by atoms with van der Waals surface area (Å²) < 4.78 is 26.2. The standard InChI is InChI=1S/C15H21NO4S/c17-15(18)11-14-7-4-9-16(12-14)21(19,20)10-8-13-5-2-1-3-6-13/h1-3,5-6,14H,4,7-12H2,(H,17,18). The van der Waals surface area contributed by atoms with Crippen molar-refractivity contribution < 1.29 is 18.3 Å². The third kappa shape index (κ3) is 4.82. The number of carboxylic acid groups (broad SMARTS) is 1. The molecule has 0 spiro atoms. The molecule has 1 atom stereocenters. The summed E-state index contributed by atoms with van der Waals surface area (Å²) in [4.78, 5) is 10.8. The van der Waals surface area contributed by atoms with E-state index in [4.69, 9.17) is 5.11 Å². The molecule has 5 nitrogen and oxygen atoms in total. The molecule has 1 heterocycles. The summed E-state index contributed by atoms with van der Waals surface area (Å²) in [6, 6.07) is 9.52. The monoisotopic (exact) mass is 311 g/mol. The van der Waals surface area contributed by atoms with Crippen LogP contribution in [0.2, 0.25) is 0 Å². The number of aryl methyl sites for hydroxylation is 1. The van der Waals surface area contributed by atoms with E-state index in [-0.39, 0.29) is 18.1 Å². The fourth-order valence-electron chi connectivity index (χ4n) is 2.71. The number of carboxylic acids is 1. The molecule has 0 aliphatic carbocycles. The van der Waals surface area contributed by atoms with E-state index in [0.29, 0.717) is 19.5 Å². The van der Waals surface area contributed by atoms with Gasteiger partial charge in [-0.15, -0.1) is 0 Å². The molecule has 116 valence electrons. The van der Waals surface area contributed by atoms with Crippen LogP contribution in [0.25, 0.3) is 0 Å². The number of carbonyl (C=O) groups is 1. The average molecular weight is 311 g/mol. The first-order valence-electron chi connectivity index (χ1n) is 7.21. The van der Waals surface area contributed by atoms with Gasteiger partial charge in [0, 0.05) is 19.5 Å². The Morgan fingerprint density at radius 3 is 2.67 bits per heavy atom. The quantitative estimate of drug-likeness (QED) is 0.868. The highest BCUT2D eigenvalue weighted by Crippen LogP contribution is 2.22. The van der Waals surface area contributed by atoms with Crippen molar-refractivity contribution in [3.63, 3.8) is 0 Å². The number of rotatable bonds is 6. The molecule has 0 bridgehead atoms. The number of aliphatic carboxylic acids is 1. The van der Waals surface area contributed by atoms with Gasteiger partial charge in [-0.05, 0) is 30.7 Å².